The minimum absolute atomic E-state index is 0.0619. The summed E-state index contributed by atoms with van der Waals surface area (Å²) >= 11 is 0. The number of carboxylic acid groups (broad SMARTS) is 1. The molecule has 0 bridgehead atoms. The third-order valence-corrected chi connectivity index (χ3v) is 5.05. The number of rotatable bonds is 6. The van der Waals surface area contributed by atoms with Crippen LogP contribution in [0.5, 0.6) is 0 Å². The Morgan fingerprint density at radius 2 is 1.89 bits per heavy atom. The Balaban J connectivity index is 2.03. The first-order valence-electron chi connectivity index (χ1n) is 6.16. The van der Waals surface area contributed by atoms with Gasteiger partial charge in [-0.1, -0.05) is 0 Å². The van der Waals surface area contributed by atoms with E-state index in [9.17, 15) is 13.2 Å². The van der Waals surface area contributed by atoms with Crippen molar-refractivity contribution < 1.29 is 18.3 Å². The Morgan fingerprint density at radius 1 is 1.32 bits per heavy atom. The number of aromatic carboxylic acids is 1. The van der Waals surface area contributed by atoms with Crippen molar-refractivity contribution in [2.24, 2.45) is 0 Å². The van der Waals surface area contributed by atoms with Crippen molar-refractivity contribution in [1.29, 1.82) is 0 Å². The monoisotopic (exact) mass is 283 g/mol. The first-order valence-corrected chi connectivity index (χ1v) is 7.82. The average molecular weight is 283 g/mol. The van der Waals surface area contributed by atoms with Crippen LogP contribution >= 0.6 is 0 Å². The highest BCUT2D eigenvalue weighted by atomic mass is 32.2. The van der Waals surface area contributed by atoms with Crippen LogP contribution in [0, 0.1) is 0 Å². The molecule has 1 aliphatic rings. The number of benzene rings is 1. The zero-order valence-electron chi connectivity index (χ0n) is 10.7. The largest absolute Gasteiger partial charge is 0.478 e. The predicted octanol–water partition coefficient (Wildman–Crippen LogP) is 1.25. The molecule has 5 nitrogen and oxygen atoms in total. The van der Waals surface area contributed by atoms with Crippen molar-refractivity contribution in [3.8, 4) is 0 Å². The van der Waals surface area contributed by atoms with Gasteiger partial charge in [0.15, 0.2) is 9.84 Å². The van der Waals surface area contributed by atoms with Gasteiger partial charge in [0.25, 0.3) is 0 Å². The molecule has 0 heterocycles. The summed E-state index contributed by atoms with van der Waals surface area (Å²) in [5.41, 5.74) is 0.0917. The molecule has 0 saturated heterocycles. The summed E-state index contributed by atoms with van der Waals surface area (Å²) in [5, 5.41) is 8.77. The van der Waals surface area contributed by atoms with Crippen molar-refractivity contribution in [2.45, 2.75) is 23.8 Å². The molecule has 1 saturated carbocycles. The summed E-state index contributed by atoms with van der Waals surface area (Å²) in [6.45, 7) is 0.508. The molecule has 19 heavy (non-hydrogen) atoms. The van der Waals surface area contributed by atoms with Crippen molar-refractivity contribution in [2.75, 3.05) is 19.3 Å². The van der Waals surface area contributed by atoms with Gasteiger partial charge in [0, 0.05) is 12.6 Å². The summed E-state index contributed by atoms with van der Waals surface area (Å²) in [4.78, 5) is 12.9. The Bertz CT molecular complexity index is 561. The second-order valence-corrected chi connectivity index (χ2v) is 6.97. The molecule has 0 atom stereocenters. The van der Waals surface area contributed by atoms with Gasteiger partial charge in [-0.25, -0.2) is 13.2 Å². The lowest BCUT2D eigenvalue weighted by Gasteiger charge is -2.15. The molecule has 1 aromatic rings. The van der Waals surface area contributed by atoms with E-state index in [1.165, 1.54) is 24.3 Å². The molecule has 0 aliphatic heterocycles. The minimum atomic E-state index is -3.34. The first kappa shape index (κ1) is 14.0. The molecule has 0 aromatic heterocycles. The van der Waals surface area contributed by atoms with Gasteiger partial charge in [-0.05, 0) is 44.2 Å². The summed E-state index contributed by atoms with van der Waals surface area (Å²) < 4.78 is 24.2. The maximum Gasteiger partial charge on any atom is 0.335 e. The summed E-state index contributed by atoms with van der Waals surface area (Å²) in [5.74, 6) is -0.996. The average Bonchev–Trinajstić information content (AvgIpc) is 3.20. The maximum absolute atomic E-state index is 12.1. The first-order chi connectivity index (χ1) is 8.90. The highest BCUT2D eigenvalue weighted by molar-refractivity contribution is 7.91. The van der Waals surface area contributed by atoms with Crippen molar-refractivity contribution in [3.05, 3.63) is 29.8 Å². The second kappa shape index (κ2) is 5.30. The number of carboxylic acids is 1. The molecule has 1 N–H and O–H groups in total. The standard InChI is InChI=1S/C13H17NO4S/c1-14(11-4-5-11)8-9-19(17,18)12-6-2-10(3-7-12)13(15)16/h2-3,6-7,11H,4-5,8-9H2,1H3,(H,15,16). The molecule has 1 aliphatic carbocycles. The van der Waals surface area contributed by atoms with E-state index in [-0.39, 0.29) is 16.2 Å². The van der Waals surface area contributed by atoms with Crippen LogP contribution in [-0.4, -0.2) is 49.8 Å². The lowest BCUT2D eigenvalue weighted by molar-refractivity contribution is 0.0697. The van der Waals surface area contributed by atoms with E-state index < -0.39 is 15.8 Å². The van der Waals surface area contributed by atoms with Crippen LogP contribution in [0.25, 0.3) is 0 Å². The van der Waals surface area contributed by atoms with Gasteiger partial charge in [0.05, 0.1) is 16.2 Å². The zero-order chi connectivity index (χ0) is 14.0. The summed E-state index contributed by atoms with van der Waals surface area (Å²) in [7, 11) is -1.41. The van der Waals surface area contributed by atoms with E-state index in [2.05, 4.69) is 4.90 Å². The third-order valence-electron chi connectivity index (χ3n) is 3.34. The normalized spacial score (nSPS) is 15.7. The molecule has 6 heteroatoms. The Kier molecular flexibility index (Phi) is 3.91. The van der Waals surface area contributed by atoms with Gasteiger partial charge >= 0.3 is 5.97 Å². The third kappa shape index (κ3) is 3.54. The lowest BCUT2D eigenvalue weighted by Crippen LogP contribution is -2.27. The van der Waals surface area contributed by atoms with Gasteiger partial charge in [-0.2, -0.15) is 0 Å². The van der Waals surface area contributed by atoms with Gasteiger partial charge in [-0.15, -0.1) is 0 Å². The van der Waals surface area contributed by atoms with Gasteiger partial charge in [0.1, 0.15) is 0 Å². The molecule has 2 rings (SSSR count). The fourth-order valence-corrected chi connectivity index (χ4v) is 3.20. The zero-order valence-corrected chi connectivity index (χ0v) is 11.6. The number of hydrogen-bond acceptors (Lipinski definition) is 4. The van der Waals surface area contributed by atoms with Crippen molar-refractivity contribution in [1.82, 2.24) is 4.90 Å². The Morgan fingerprint density at radius 3 is 2.37 bits per heavy atom. The van der Waals surface area contributed by atoms with Gasteiger partial charge < -0.3 is 10.0 Å². The quantitative estimate of drug-likeness (QED) is 0.850. The van der Waals surface area contributed by atoms with Crippen LogP contribution in [0.2, 0.25) is 0 Å². The Labute approximate surface area is 112 Å². The van der Waals surface area contributed by atoms with E-state index in [0.717, 1.165) is 12.8 Å². The summed E-state index contributed by atoms with van der Waals surface area (Å²) in [6.07, 6.45) is 2.29. The molecular formula is C13H17NO4S. The predicted molar refractivity (Wildman–Crippen MR) is 71.1 cm³/mol. The van der Waals surface area contributed by atoms with Crippen LogP contribution in [-0.2, 0) is 9.84 Å². The molecule has 1 fully saturated rings. The molecule has 0 spiro atoms. The minimum Gasteiger partial charge on any atom is -0.478 e. The topological polar surface area (TPSA) is 74.7 Å². The molecule has 1 aromatic carbocycles. The van der Waals surface area contributed by atoms with Gasteiger partial charge in [-0.3, -0.25) is 0 Å². The maximum atomic E-state index is 12.1. The molecule has 0 unspecified atom stereocenters. The van der Waals surface area contributed by atoms with E-state index in [0.29, 0.717) is 12.6 Å². The van der Waals surface area contributed by atoms with Crippen LogP contribution in [0.4, 0.5) is 0 Å². The number of hydrogen-bond donors (Lipinski definition) is 1. The smallest absolute Gasteiger partial charge is 0.335 e. The number of carbonyl (C=O) groups is 1. The fourth-order valence-electron chi connectivity index (χ4n) is 1.88. The van der Waals surface area contributed by atoms with Gasteiger partial charge in [0.2, 0.25) is 0 Å². The lowest BCUT2D eigenvalue weighted by atomic mass is 10.2. The van der Waals surface area contributed by atoms with E-state index in [4.69, 9.17) is 5.11 Å². The van der Waals surface area contributed by atoms with E-state index in [1.54, 1.807) is 0 Å². The second-order valence-electron chi connectivity index (χ2n) is 4.86. The van der Waals surface area contributed by atoms with Crippen molar-refractivity contribution in [3.63, 3.8) is 0 Å². The number of nitrogens with zero attached hydrogens (tertiary/aromatic N) is 1. The fraction of sp³-hybridized carbons (Fsp3) is 0.462. The summed E-state index contributed by atoms with van der Waals surface area (Å²) in [6, 6.07) is 5.88. The van der Waals surface area contributed by atoms with Crippen LogP contribution in [0.1, 0.15) is 23.2 Å². The number of sulfone groups is 1. The SMILES string of the molecule is CN(CCS(=O)(=O)c1ccc(C(=O)O)cc1)C1CC1. The van der Waals surface area contributed by atoms with Crippen LogP contribution in [0.15, 0.2) is 29.2 Å². The highest BCUT2D eigenvalue weighted by Gasteiger charge is 2.27. The van der Waals surface area contributed by atoms with Crippen LogP contribution < -0.4 is 0 Å². The molecule has 0 amide bonds. The van der Waals surface area contributed by atoms with Crippen molar-refractivity contribution >= 4 is 15.8 Å². The molecule has 0 radical (unpaired) electrons. The molecule has 104 valence electrons. The molecular weight excluding hydrogens is 266 g/mol. The Hall–Kier alpha value is -1.40. The highest BCUT2D eigenvalue weighted by Crippen LogP contribution is 2.25. The van der Waals surface area contributed by atoms with E-state index in [1.807, 2.05) is 7.05 Å². The van der Waals surface area contributed by atoms with Crippen LogP contribution in [0.3, 0.4) is 0 Å². The van der Waals surface area contributed by atoms with E-state index >= 15 is 0 Å².